The summed E-state index contributed by atoms with van der Waals surface area (Å²) in [6, 6.07) is 21.9. The fourth-order valence-corrected chi connectivity index (χ4v) is 6.31. The minimum atomic E-state index is 0.0163. The van der Waals surface area contributed by atoms with Crippen molar-refractivity contribution in [1.29, 1.82) is 0 Å². The van der Waals surface area contributed by atoms with E-state index in [4.69, 9.17) is 4.74 Å². The van der Waals surface area contributed by atoms with Gasteiger partial charge in [0.2, 0.25) is 0 Å². The van der Waals surface area contributed by atoms with Crippen molar-refractivity contribution in [3.05, 3.63) is 78.9 Å². The molecular formula is C25H30OS. The molecule has 1 aliphatic carbocycles. The summed E-state index contributed by atoms with van der Waals surface area (Å²) in [6.45, 7) is 6.38. The second kappa shape index (κ2) is 7.85. The Labute approximate surface area is 168 Å². The van der Waals surface area contributed by atoms with Crippen LogP contribution in [0.4, 0.5) is 0 Å². The van der Waals surface area contributed by atoms with E-state index in [1.165, 1.54) is 23.3 Å². The van der Waals surface area contributed by atoms with E-state index in [2.05, 4.69) is 74.2 Å². The van der Waals surface area contributed by atoms with Crippen molar-refractivity contribution in [1.82, 2.24) is 0 Å². The number of thioether (sulfide) groups is 1. The van der Waals surface area contributed by atoms with E-state index in [9.17, 15) is 0 Å². The zero-order valence-electron chi connectivity index (χ0n) is 16.3. The molecule has 0 N–H and O–H groups in total. The smallest absolute Gasteiger partial charge is 0.0809 e. The summed E-state index contributed by atoms with van der Waals surface area (Å²) in [4.78, 5) is 1.36. The van der Waals surface area contributed by atoms with Gasteiger partial charge in [0.25, 0.3) is 0 Å². The third-order valence-electron chi connectivity index (χ3n) is 6.59. The third-order valence-corrected chi connectivity index (χ3v) is 8.04. The molecule has 1 aliphatic heterocycles. The lowest BCUT2D eigenvalue weighted by Crippen LogP contribution is -2.45. The van der Waals surface area contributed by atoms with Crippen LogP contribution in [0.1, 0.15) is 51.0 Å². The molecule has 2 aliphatic rings. The lowest BCUT2D eigenvalue weighted by atomic mass is 9.66. The number of hydrogen-bond acceptors (Lipinski definition) is 2. The molecule has 1 saturated heterocycles. The Kier molecular flexibility index (Phi) is 5.48. The first-order valence-corrected chi connectivity index (χ1v) is 11.1. The van der Waals surface area contributed by atoms with Crippen LogP contribution in [0.5, 0.6) is 0 Å². The largest absolute Gasteiger partial charge is 0.370 e. The molecule has 0 radical (unpaired) electrons. The summed E-state index contributed by atoms with van der Waals surface area (Å²) in [5, 5.41) is 0.533. The number of benzene rings is 2. The highest BCUT2D eigenvalue weighted by Gasteiger charge is 2.52. The number of rotatable bonds is 5. The van der Waals surface area contributed by atoms with Crippen LogP contribution in [0.25, 0.3) is 0 Å². The van der Waals surface area contributed by atoms with E-state index < -0.39 is 0 Å². The molecule has 1 heterocycles. The maximum absolute atomic E-state index is 6.75. The zero-order valence-corrected chi connectivity index (χ0v) is 17.1. The third kappa shape index (κ3) is 3.88. The highest BCUT2D eigenvalue weighted by atomic mass is 32.2. The van der Waals surface area contributed by atoms with Crippen LogP contribution in [0, 0.1) is 0 Å². The van der Waals surface area contributed by atoms with Gasteiger partial charge in [0.1, 0.15) is 0 Å². The predicted molar refractivity (Wildman–Crippen MR) is 115 cm³/mol. The number of ether oxygens (including phenoxy) is 1. The zero-order chi connectivity index (χ0) is 18.7. The average Bonchev–Trinajstić information content (AvgIpc) is 3.03. The van der Waals surface area contributed by atoms with Crippen LogP contribution in [-0.4, -0.2) is 17.0 Å². The van der Waals surface area contributed by atoms with E-state index >= 15 is 0 Å². The van der Waals surface area contributed by atoms with Crippen LogP contribution in [-0.2, 0) is 10.2 Å². The van der Waals surface area contributed by atoms with E-state index in [0.717, 1.165) is 25.7 Å². The summed E-state index contributed by atoms with van der Waals surface area (Å²) >= 11 is 2.02. The molecule has 1 spiro atoms. The van der Waals surface area contributed by atoms with Gasteiger partial charge in [0.15, 0.2) is 0 Å². The summed E-state index contributed by atoms with van der Waals surface area (Å²) in [6.07, 6.45) is 9.13. The molecule has 142 valence electrons. The normalized spacial score (nSPS) is 33.2. The van der Waals surface area contributed by atoms with Crippen LogP contribution >= 0.6 is 11.8 Å². The van der Waals surface area contributed by atoms with Gasteiger partial charge >= 0.3 is 0 Å². The minimum Gasteiger partial charge on any atom is -0.370 e. The Morgan fingerprint density at radius 3 is 2.26 bits per heavy atom. The fraction of sp³-hybridized carbons (Fsp3) is 0.440. The Morgan fingerprint density at radius 1 is 1.00 bits per heavy atom. The van der Waals surface area contributed by atoms with Gasteiger partial charge in [-0.1, -0.05) is 61.5 Å². The van der Waals surface area contributed by atoms with Crippen LogP contribution in [0.3, 0.4) is 0 Å². The quantitative estimate of drug-likeness (QED) is 0.530. The molecule has 2 aromatic rings. The van der Waals surface area contributed by atoms with Gasteiger partial charge in [0, 0.05) is 10.1 Å². The van der Waals surface area contributed by atoms with E-state index in [1.807, 2.05) is 17.8 Å². The van der Waals surface area contributed by atoms with Gasteiger partial charge < -0.3 is 4.74 Å². The van der Waals surface area contributed by atoms with Crippen molar-refractivity contribution in [2.24, 2.45) is 0 Å². The second-order valence-electron chi connectivity index (χ2n) is 8.41. The molecule has 0 aromatic heterocycles. The summed E-state index contributed by atoms with van der Waals surface area (Å²) in [7, 11) is 0. The molecule has 0 unspecified atom stereocenters. The van der Waals surface area contributed by atoms with E-state index in [-0.39, 0.29) is 11.0 Å². The fourth-order valence-electron chi connectivity index (χ4n) is 4.85. The average molecular weight is 379 g/mol. The van der Waals surface area contributed by atoms with Crippen LogP contribution < -0.4 is 0 Å². The maximum Gasteiger partial charge on any atom is 0.0809 e. The Hall–Kier alpha value is -1.51. The van der Waals surface area contributed by atoms with Crippen molar-refractivity contribution >= 4 is 11.8 Å². The van der Waals surface area contributed by atoms with E-state index in [0.29, 0.717) is 11.4 Å². The van der Waals surface area contributed by atoms with Gasteiger partial charge in [-0.25, -0.2) is 0 Å². The van der Waals surface area contributed by atoms with Crippen molar-refractivity contribution in [3.63, 3.8) is 0 Å². The van der Waals surface area contributed by atoms with Gasteiger partial charge in [-0.3, -0.25) is 0 Å². The first-order chi connectivity index (χ1) is 13.1. The van der Waals surface area contributed by atoms with Crippen molar-refractivity contribution < 1.29 is 4.74 Å². The molecule has 27 heavy (non-hydrogen) atoms. The summed E-state index contributed by atoms with van der Waals surface area (Å²) in [5.41, 5.74) is 1.77. The summed E-state index contributed by atoms with van der Waals surface area (Å²) < 4.78 is 6.75. The molecule has 4 rings (SSSR count). The molecule has 1 nitrogen and oxygen atoms in total. The topological polar surface area (TPSA) is 9.23 Å². The van der Waals surface area contributed by atoms with Crippen molar-refractivity contribution in [3.8, 4) is 0 Å². The van der Waals surface area contributed by atoms with Gasteiger partial charge in [-0.2, -0.15) is 0 Å². The van der Waals surface area contributed by atoms with Crippen LogP contribution in [0.2, 0.25) is 0 Å². The highest BCUT2D eigenvalue weighted by molar-refractivity contribution is 8.00. The molecule has 1 saturated carbocycles. The van der Waals surface area contributed by atoms with Crippen LogP contribution in [0.15, 0.2) is 78.2 Å². The SMILES string of the molecule is C=CC[C@@H]1C[C@H](Sc2ccccc2)C2(CCC(C)(c3ccccc3)CC2)O1. The molecule has 0 bridgehead atoms. The minimum absolute atomic E-state index is 0.0163. The molecule has 2 atom stereocenters. The molecule has 0 amide bonds. The molecular weight excluding hydrogens is 348 g/mol. The van der Waals surface area contributed by atoms with Crippen molar-refractivity contribution in [2.75, 3.05) is 0 Å². The Balaban J connectivity index is 1.53. The first-order valence-electron chi connectivity index (χ1n) is 10.2. The second-order valence-corrected chi connectivity index (χ2v) is 9.69. The van der Waals surface area contributed by atoms with Crippen molar-refractivity contribution in [2.45, 2.75) is 72.7 Å². The standard InChI is InChI=1S/C25H30OS/c1-3-10-21-19-23(27-22-13-8-5-9-14-22)25(26-21)17-15-24(2,16-18-25)20-11-6-4-7-12-20/h3-9,11-14,21,23H,1,10,15-19H2,2H3/t21-,23+,24?,25?/m1/s1. The molecule has 2 aromatic carbocycles. The first kappa shape index (κ1) is 18.8. The van der Waals surface area contributed by atoms with Gasteiger partial charge in [-0.15, -0.1) is 18.3 Å². The Bertz CT molecular complexity index is 746. The lowest BCUT2D eigenvalue weighted by molar-refractivity contribution is -0.0703. The molecule has 2 fully saturated rings. The predicted octanol–water partition coefficient (Wildman–Crippen LogP) is 6.78. The van der Waals surface area contributed by atoms with E-state index in [1.54, 1.807) is 0 Å². The maximum atomic E-state index is 6.75. The lowest BCUT2D eigenvalue weighted by Gasteiger charge is -2.45. The monoisotopic (exact) mass is 378 g/mol. The van der Waals surface area contributed by atoms with Gasteiger partial charge in [-0.05, 0) is 61.6 Å². The highest BCUT2D eigenvalue weighted by Crippen LogP contribution is 2.53. The molecule has 2 heteroatoms. The summed E-state index contributed by atoms with van der Waals surface area (Å²) in [5.74, 6) is 0. The Morgan fingerprint density at radius 2 is 1.63 bits per heavy atom. The van der Waals surface area contributed by atoms with Gasteiger partial charge in [0.05, 0.1) is 11.7 Å². The number of hydrogen-bond donors (Lipinski definition) is 0.